The van der Waals surface area contributed by atoms with E-state index >= 15 is 0 Å². The number of hydrogen-bond acceptors (Lipinski definition) is 5. The van der Waals surface area contributed by atoms with Crippen molar-refractivity contribution >= 4 is 38.3 Å². The van der Waals surface area contributed by atoms with Crippen molar-refractivity contribution in [3.8, 4) is 0 Å². The lowest BCUT2D eigenvalue weighted by Crippen LogP contribution is -2.09. The first kappa shape index (κ1) is 14.9. The van der Waals surface area contributed by atoms with E-state index in [-0.39, 0.29) is 10.0 Å². The Kier molecular flexibility index (Phi) is 3.63. The summed E-state index contributed by atoms with van der Waals surface area (Å²) in [6.45, 7) is 0.403. The van der Waals surface area contributed by atoms with E-state index in [1.165, 1.54) is 18.2 Å². The second kappa shape index (κ2) is 5.34. The quantitative estimate of drug-likeness (QED) is 0.760. The Labute approximate surface area is 130 Å². The van der Waals surface area contributed by atoms with E-state index in [1.807, 2.05) is 11.6 Å². The van der Waals surface area contributed by atoms with Gasteiger partial charge in [-0.1, -0.05) is 0 Å². The van der Waals surface area contributed by atoms with Gasteiger partial charge in [-0.25, -0.2) is 22.9 Å². The number of primary sulfonamides is 1. The normalized spacial score (nSPS) is 12.0. The topological polar surface area (TPSA) is 90.0 Å². The number of aromatic nitrogens is 2. The number of benzene rings is 1. The molecule has 0 aliphatic carbocycles. The average Bonchev–Trinajstić information content (AvgIpc) is 3.01. The molecule has 0 unspecified atom stereocenters. The van der Waals surface area contributed by atoms with Gasteiger partial charge < -0.3 is 9.88 Å². The minimum absolute atomic E-state index is 0.122. The molecule has 0 aliphatic heterocycles. The van der Waals surface area contributed by atoms with Crippen molar-refractivity contribution in [3.63, 3.8) is 0 Å². The van der Waals surface area contributed by atoms with Crippen LogP contribution in [0.3, 0.4) is 0 Å². The summed E-state index contributed by atoms with van der Waals surface area (Å²) in [7, 11) is -1.85. The molecule has 0 atom stereocenters. The van der Waals surface area contributed by atoms with Crippen molar-refractivity contribution in [3.05, 3.63) is 41.0 Å². The van der Waals surface area contributed by atoms with Gasteiger partial charge in [0.2, 0.25) is 16.0 Å². The second-order valence-electron chi connectivity index (χ2n) is 4.75. The zero-order chi connectivity index (χ0) is 15.9. The van der Waals surface area contributed by atoms with Crippen LogP contribution in [0.4, 0.5) is 10.3 Å². The Bertz CT molecular complexity index is 946. The first-order valence-corrected chi connectivity index (χ1v) is 8.68. The molecule has 0 saturated carbocycles. The van der Waals surface area contributed by atoms with Crippen molar-refractivity contribution < 1.29 is 12.8 Å². The fraction of sp³-hybridized carbons (Fsp3) is 0.154. The van der Waals surface area contributed by atoms with Crippen LogP contribution in [0.25, 0.3) is 11.0 Å². The summed E-state index contributed by atoms with van der Waals surface area (Å²) in [5, 5.41) is 8.18. The lowest BCUT2D eigenvalue weighted by atomic mass is 10.3. The molecule has 9 heteroatoms. The summed E-state index contributed by atoms with van der Waals surface area (Å²) >= 11 is 1.10. The van der Waals surface area contributed by atoms with Crippen molar-refractivity contribution in [2.45, 2.75) is 10.8 Å². The van der Waals surface area contributed by atoms with E-state index in [0.29, 0.717) is 18.0 Å². The van der Waals surface area contributed by atoms with E-state index < -0.39 is 10.0 Å². The molecule has 3 aromatic rings. The van der Waals surface area contributed by atoms with Gasteiger partial charge in [-0.05, 0) is 24.3 Å². The van der Waals surface area contributed by atoms with Gasteiger partial charge in [-0.2, -0.15) is 0 Å². The number of fused-ring (bicyclic) bond motifs is 1. The van der Waals surface area contributed by atoms with Crippen LogP contribution in [0.5, 0.6) is 0 Å². The summed E-state index contributed by atoms with van der Waals surface area (Å²) < 4.78 is 37.6. The maximum Gasteiger partial charge on any atom is 0.247 e. The molecule has 0 spiro atoms. The summed E-state index contributed by atoms with van der Waals surface area (Å²) in [6.07, 6.45) is 0. The monoisotopic (exact) mass is 340 g/mol. The van der Waals surface area contributed by atoms with Crippen LogP contribution >= 0.6 is 11.3 Å². The molecule has 0 fully saturated rings. The number of hydrogen-bond donors (Lipinski definition) is 2. The lowest BCUT2D eigenvalue weighted by Gasteiger charge is -2.04. The number of nitrogens with two attached hydrogens (primary N) is 1. The first-order chi connectivity index (χ1) is 10.3. The Morgan fingerprint density at radius 2 is 2.14 bits per heavy atom. The van der Waals surface area contributed by atoms with E-state index in [9.17, 15) is 12.8 Å². The summed E-state index contributed by atoms with van der Waals surface area (Å²) in [4.78, 5) is 5.12. The first-order valence-electron chi connectivity index (χ1n) is 6.32. The number of imidazole rings is 1. The molecule has 3 rings (SSSR count). The minimum Gasteiger partial charge on any atom is -0.351 e. The molecule has 116 valence electrons. The van der Waals surface area contributed by atoms with Crippen molar-refractivity contribution in [2.75, 3.05) is 5.32 Å². The average molecular weight is 340 g/mol. The molecule has 0 amide bonds. The number of sulfonamides is 1. The van der Waals surface area contributed by atoms with E-state index in [4.69, 9.17) is 5.14 Å². The fourth-order valence-electron chi connectivity index (χ4n) is 2.10. The third-order valence-electron chi connectivity index (χ3n) is 3.18. The Morgan fingerprint density at radius 1 is 1.36 bits per heavy atom. The maximum absolute atomic E-state index is 13.2. The highest BCUT2D eigenvalue weighted by atomic mass is 32.2. The van der Waals surface area contributed by atoms with Crippen LogP contribution in [0.2, 0.25) is 0 Å². The van der Waals surface area contributed by atoms with Crippen LogP contribution in [-0.2, 0) is 23.6 Å². The van der Waals surface area contributed by atoms with Gasteiger partial charge in [0.1, 0.15) is 10.0 Å². The van der Waals surface area contributed by atoms with Crippen molar-refractivity contribution in [2.24, 2.45) is 12.2 Å². The minimum atomic E-state index is -3.67. The standard InChI is InChI=1S/C13H13FN4O2S2/c1-18-11-4-2-8(14)6-10(11)17-13(18)16-7-9-3-5-12(21-9)22(15,19)20/h2-6H,7H2,1H3,(H,16,17)(H2,15,19,20). The molecule has 0 aliphatic rings. The zero-order valence-electron chi connectivity index (χ0n) is 11.6. The molecule has 2 heterocycles. The predicted molar refractivity (Wildman–Crippen MR) is 83.7 cm³/mol. The third kappa shape index (κ3) is 2.82. The van der Waals surface area contributed by atoms with Crippen molar-refractivity contribution in [1.29, 1.82) is 0 Å². The maximum atomic E-state index is 13.2. The van der Waals surface area contributed by atoms with E-state index in [1.54, 1.807) is 12.1 Å². The number of anilines is 1. The van der Waals surface area contributed by atoms with E-state index in [0.717, 1.165) is 21.7 Å². The number of aryl methyl sites for hydroxylation is 1. The highest BCUT2D eigenvalue weighted by molar-refractivity contribution is 7.91. The molecule has 2 aromatic heterocycles. The molecule has 0 saturated heterocycles. The number of halogens is 1. The molecular weight excluding hydrogens is 327 g/mol. The highest BCUT2D eigenvalue weighted by Gasteiger charge is 2.12. The Balaban J connectivity index is 1.82. The van der Waals surface area contributed by atoms with Gasteiger partial charge in [0.25, 0.3) is 0 Å². The smallest absolute Gasteiger partial charge is 0.247 e. The van der Waals surface area contributed by atoms with E-state index in [2.05, 4.69) is 10.3 Å². The van der Waals surface area contributed by atoms with Crippen LogP contribution < -0.4 is 10.5 Å². The highest BCUT2D eigenvalue weighted by Crippen LogP contribution is 2.23. The summed E-state index contributed by atoms with van der Waals surface area (Å²) in [5.74, 6) is 0.236. The number of nitrogens with one attached hydrogen (secondary N) is 1. The van der Waals surface area contributed by atoms with Gasteiger partial charge in [-0.15, -0.1) is 11.3 Å². The molecule has 0 radical (unpaired) electrons. The van der Waals surface area contributed by atoms with Crippen LogP contribution in [-0.4, -0.2) is 18.0 Å². The molecule has 0 bridgehead atoms. The largest absolute Gasteiger partial charge is 0.351 e. The SMILES string of the molecule is Cn1c(NCc2ccc(S(N)(=O)=O)s2)nc2cc(F)ccc21. The number of rotatable bonds is 4. The molecule has 22 heavy (non-hydrogen) atoms. The van der Waals surface area contributed by atoms with Gasteiger partial charge in [0, 0.05) is 18.0 Å². The Morgan fingerprint density at radius 3 is 2.82 bits per heavy atom. The molecular formula is C13H13FN4O2S2. The molecule has 3 N–H and O–H groups in total. The van der Waals surface area contributed by atoms with Crippen LogP contribution in [0.15, 0.2) is 34.5 Å². The zero-order valence-corrected chi connectivity index (χ0v) is 13.2. The van der Waals surface area contributed by atoms with Gasteiger partial charge in [0.05, 0.1) is 17.6 Å². The number of thiophene rings is 1. The lowest BCUT2D eigenvalue weighted by molar-refractivity contribution is 0.600. The summed E-state index contributed by atoms with van der Waals surface area (Å²) in [6, 6.07) is 7.57. The molecule has 1 aromatic carbocycles. The van der Waals surface area contributed by atoms with Gasteiger partial charge in [0.15, 0.2) is 0 Å². The summed E-state index contributed by atoms with van der Waals surface area (Å²) in [5.41, 5.74) is 1.36. The van der Waals surface area contributed by atoms with Crippen LogP contribution in [0.1, 0.15) is 4.88 Å². The number of nitrogens with zero attached hydrogens (tertiary/aromatic N) is 2. The molecule has 6 nitrogen and oxygen atoms in total. The van der Waals surface area contributed by atoms with Crippen LogP contribution in [0, 0.1) is 5.82 Å². The fourth-order valence-corrected chi connectivity index (χ4v) is 3.82. The predicted octanol–water partition coefficient (Wildman–Crippen LogP) is 2.03. The van der Waals surface area contributed by atoms with Gasteiger partial charge >= 0.3 is 0 Å². The third-order valence-corrected chi connectivity index (χ3v) is 5.70. The Hall–Kier alpha value is -1.97. The van der Waals surface area contributed by atoms with Crippen molar-refractivity contribution in [1.82, 2.24) is 9.55 Å². The van der Waals surface area contributed by atoms with Gasteiger partial charge in [-0.3, -0.25) is 0 Å². The second-order valence-corrected chi connectivity index (χ2v) is 7.70.